The van der Waals surface area contributed by atoms with Gasteiger partial charge >= 0.3 is 53.4 Å². The molecule has 4 aromatic rings. The molecule has 376 valence electrons. The molecule has 0 saturated heterocycles. The number of aryl methyl sites for hydroxylation is 8. The van der Waals surface area contributed by atoms with Gasteiger partial charge in [-0.25, -0.2) is 9.13 Å². The smallest absolute Gasteiger partial charge is 0.736 e. The molecule has 0 unspecified atom stereocenters. The minimum absolute atomic E-state index is 0. The number of rotatable bonds is 24. The minimum Gasteiger partial charge on any atom is -0.736 e. The Morgan fingerprint density at radius 1 is 0.348 bits per heavy atom. The van der Waals surface area contributed by atoms with E-state index in [1.165, 1.54) is 22.3 Å². The van der Waals surface area contributed by atoms with E-state index in [1.54, 1.807) is 23.5 Å². The van der Waals surface area contributed by atoms with Crippen molar-refractivity contribution in [2.24, 2.45) is 0 Å². The summed E-state index contributed by atoms with van der Waals surface area (Å²) in [5.74, 6) is 1.82. The first-order valence-electron chi connectivity index (χ1n) is 26.2. The molecule has 2 aliphatic heterocycles. The Morgan fingerprint density at radius 2 is 0.536 bits per heavy atom. The molecule has 0 aliphatic carbocycles. The van der Waals surface area contributed by atoms with Gasteiger partial charge in [-0.05, 0) is 172 Å². The Kier molecular flexibility index (Phi) is 26.6. The number of benzene rings is 4. The van der Waals surface area contributed by atoms with Gasteiger partial charge in [0.1, 0.15) is 23.0 Å². The summed E-state index contributed by atoms with van der Waals surface area (Å²) < 4.78 is 48.9. The summed E-state index contributed by atoms with van der Waals surface area (Å²) in [5, 5.41) is 0. The number of phosphoric acid groups is 2. The molecule has 0 fully saturated rings. The predicted octanol–water partition coefficient (Wildman–Crippen LogP) is 16.5. The zero-order valence-electron chi connectivity index (χ0n) is 43.3. The van der Waals surface area contributed by atoms with Gasteiger partial charge < -0.3 is 27.9 Å². The minimum atomic E-state index is -4.58. The van der Waals surface area contributed by atoms with Crippen LogP contribution in [0, 0.1) is 0 Å². The predicted molar refractivity (Wildman–Crippen MR) is 286 cm³/mol. The van der Waals surface area contributed by atoms with Gasteiger partial charge in [0.2, 0.25) is 0 Å². The largest absolute Gasteiger partial charge is 2.00 e. The summed E-state index contributed by atoms with van der Waals surface area (Å²) in [6.45, 7) is 17.4. The number of hydrogen-bond acceptors (Lipinski definition) is 10. The molecule has 13 heteroatoms. The maximum Gasteiger partial charge on any atom is 2.00 e. The van der Waals surface area contributed by atoms with E-state index in [9.17, 15) is 18.9 Å². The molecule has 8 nitrogen and oxygen atoms in total. The fraction of sp³-hybridized carbons (Fsp3) is 0.571. The first kappa shape index (κ1) is 60.0. The fourth-order valence-electron chi connectivity index (χ4n) is 8.64. The summed E-state index contributed by atoms with van der Waals surface area (Å²) >= 11 is 3.20. The van der Waals surface area contributed by atoms with E-state index in [2.05, 4.69) is 104 Å². The second-order valence-corrected chi connectivity index (χ2v) is 23.3. The van der Waals surface area contributed by atoms with Gasteiger partial charge in [0.25, 0.3) is 0 Å². The average molecular weight is 1050 g/mol. The molecular formula is C56H80CaO8P2S2. The van der Waals surface area contributed by atoms with E-state index >= 15 is 0 Å². The molecule has 2 aliphatic rings. The van der Waals surface area contributed by atoms with Gasteiger partial charge in [0.05, 0.1) is 19.6 Å². The molecule has 0 spiro atoms. The van der Waals surface area contributed by atoms with E-state index in [4.69, 9.17) is 18.1 Å². The van der Waals surface area contributed by atoms with Crippen molar-refractivity contribution in [3.8, 4) is 23.0 Å². The Morgan fingerprint density at radius 3 is 0.725 bits per heavy atom. The van der Waals surface area contributed by atoms with Crippen molar-refractivity contribution in [1.82, 2.24) is 0 Å². The second-order valence-electron chi connectivity index (χ2n) is 18.6. The number of phosphoric ester groups is 2. The van der Waals surface area contributed by atoms with Crippen molar-refractivity contribution in [2.45, 2.75) is 229 Å². The molecule has 2 heterocycles. The molecule has 0 saturated carbocycles. The number of fused-ring (bicyclic) bond motifs is 4. The van der Waals surface area contributed by atoms with Gasteiger partial charge in [-0.1, -0.05) is 155 Å². The zero-order valence-corrected chi connectivity index (χ0v) is 48.9. The Bertz CT molecular complexity index is 2030. The maximum atomic E-state index is 13.1. The third kappa shape index (κ3) is 18.4. The fourth-order valence-corrected chi connectivity index (χ4v) is 13.1. The molecule has 69 heavy (non-hydrogen) atoms. The topological polar surface area (TPSA) is 117 Å². The first-order chi connectivity index (χ1) is 32.8. The summed E-state index contributed by atoms with van der Waals surface area (Å²) in [6.07, 6.45) is 24.2. The first-order valence-corrected chi connectivity index (χ1v) is 30.8. The van der Waals surface area contributed by atoms with Gasteiger partial charge in [-0.15, -0.1) is 0 Å². The van der Waals surface area contributed by atoms with Crippen molar-refractivity contribution >= 4 is 76.9 Å². The van der Waals surface area contributed by atoms with Crippen LogP contribution >= 0.6 is 39.2 Å². The SMILES string of the molecule is CCCCc1cc(CCCC)c2c(c1)Sc1cc(CCCC)cc(CCCC)c1OP(=O)([O-])O2.CCCCc1cc(CCCC)c2c(c1)Sc1cc(CCCC)cc(CCCC)c1OP(=O)([O-])O2.[Ca+2]. The van der Waals surface area contributed by atoms with Crippen LogP contribution in [0.4, 0.5) is 0 Å². The molecule has 0 atom stereocenters. The average Bonchev–Trinajstić information content (AvgIpc) is 3.30. The van der Waals surface area contributed by atoms with Crippen LogP contribution in [-0.2, 0) is 60.5 Å². The van der Waals surface area contributed by atoms with Gasteiger partial charge in [-0.2, -0.15) is 0 Å². The Hall–Kier alpha value is -1.58. The zero-order chi connectivity index (χ0) is 49.1. The van der Waals surface area contributed by atoms with Crippen LogP contribution in [0.5, 0.6) is 23.0 Å². The van der Waals surface area contributed by atoms with Crippen LogP contribution in [0.1, 0.15) is 203 Å². The van der Waals surface area contributed by atoms with E-state index in [-0.39, 0.29) is 37.7 Å². The Labute approximate surface area is 455 Å². The summed E-state index contributed by atoms with van der Waals surface area (Å²) in [6, 6.07) is 17.1. The maximum absolute atomic E-state index is 13.1. The second kappa shape index (κ2) is 30.6. The van der Waals surface area contributed by atoms with Crippen molar-refractivity contribution in [3.05, 3.63) is 93.0 Å². The molecule has 0 aromatic heterocycles. The van der Waals surface area contributed by atoms with Crippen LogP contribution in [-0.4, -0.2) is 37.7 Å². The van der Waals surface area contributed by atoms with Crippen LogP contribution in [0.2, 0.25) is 0 Å². The van der Waals surface area contributed by atoms with E-state index in [0.29, 0.717) is 23.0 Å². The molecule has 6 rings (SSSR count). The van der Waals surface area contributed by atoms with Gasteiger partial charge in [0, 0.05) is 0 Å². The standard InChI is InChI=1S/2C28H41O4PS.Ca/c2*1-5-9-13-21-17-23(15-11-7-3)27-25(19-21)34-26-20-22(14-10-6-2)18-24(16-12-8-4)28(26)32-33(29,30)31-27;/h2*17-20H,5-16H2,1-4H3,(H,29,30);/q;;+2/p-2. The third-order valence-corrected chi connectivity index (χ3v) is 16.2. The van der Waals surface area contributed by atoms with Crippen molar-refractivity contribution in [3.63, 3.8) is 0 Å². The van der Waals surface area contributed by atoms with E-state index in [1.807, 2.05) is 0 Å². The molecule has 0 radical (unpaired) electrons. The Balaban J connectivity index is 0.000000296. The number of hydrogen-bond donors (Lipinski definition) is 0. The summed E-state index contributed by atoms with van der Waals surface area (Å²) in [4.78, 5) is 29.7. The molecule has 0 bridgehead atoms. The van der Waals surface area contributed by atoms with Crippen molar-refractivity contribution in [1.29, 1.82) is 0 Å². The van der Waals surface area contributed by atoms with Crippen LogP contribution in [0.15, 0.2) is 68.1 Å². The summed E-state index contributed by atoms with van der Waals surface area (Å²) in [5.41, 5.74) is 8.87. The molecule has 0 N–H and O–H groups in total. The van der Waals surface area contributed by atoms with Crippen molar-refractivity contribution in [2.75, 3.05) is 0 Å². The van der Waals surface area contributed by atoms with Crippen molar-refractivity contribution < 1.29 is 37.0 Å². The molecule has 4 aromatic carbocycles. The molecule has 0 amide bonds. The van der Waals surface area contributed by atoms with Gasteiger partial charge in [-0.3, -0.25) is 0 Å². The van der Waals surface area contributed by atoms with Crippen LogP contribution in [0.25, 0.3) is 0 Å². The van der Waals surface area contributed by atoms with E-state index in [0.717, 1.165) is 196 Å². The van der Waals surface area contributed by atoms with E-state index < -0.39 is 15.6 Å². The monoisotopic (exact) mass is 1050 g/mol. The third-order valence-electron chi connectivity index (χ3n) is 12.5. The number of unbranched alkanes of at least 4 members (excludes halogenated alkanes) is 8. The summed E-state index contributed by atoms with van der Waals surface area (Å²) in [7, 11) is -9.15. The normalized spacial score (nSPS) is 14.2. The van der Waals surface area contributed by atoms with Crippen LogP contribution < -0.4 is 27.9 Å². The van der Waals surface area contributed by atoms with Crippen LogP contribution in [0.3, 0.4) is 0 Å². The quantitative estimate of drug-likeness (QED) is 0.0496. The molecular weight excluding hydrogens is 967 g/mol. The van der Waals surface area contributed by atoms with Gasteiger partial charge in [0.15, 0.2) is 0 Å².